The lowest BCUT2D eigenvalue weighted by Crippen LogP contribution is -2.51. The number of amides is 2. The number of carbonyl (C=O) groups is 2. The molecule has 0 atom stereocenters. The van der Waals surface area contributed by atoms with Crippen LogP contribution >= 0.6 is 23.8 Å². The highest BCUT2D eigenvalue weighted by Gasteiger charge is 2.27. The third-order valence-electron chi connectivity index (χ3n) is 4.46. The summed E-state index contributed by atoms with van der Waals surface area (Å²) in [5.74, 6) is -1.45. The van der Waals surface area contributed by atoms with Gasteiger partial charge in [0.25, 0.3) is 11.8 Å². The number of benzene rings is 3. The van der Waals surface area contributed by atoms with Crippen LogP contribution in [0.5, 0.6) is 5.75 Å². The molecule has 0 aromatic heterocycles. The Balaban J connectivity index is 1.86. The maximum Gasteiger partial charge on any atom is 0.339 e. The van der Waals surface area contributed by atoms with Crippen LogP contribution in [0, 0.1) is 0 Å². The van der Waals surface area contributed by atoms with Crippen molar-refractivity contribution >= 4 is 67.7 Å². The average Bonchev–Trinajstić information content (AvgIpc) is 2.71. The van der Waals surface area contributed by atoms with Crippen LogP contribution in [-0.2, 0) is 19.7 Å². The normalized spacial score (nSPS) is 14.2. The molecule has 156 valence electrons. The molecule has 1 heterocycles. The summed E-state index contributed by atoms with van der Waals surface area (Å²) in [6.07, 6.45) is 1.28. The number of carbonyl (C=O) groups excluding carboxylic acids is 2. The first kappa shape index (κ1) is 21.0. The molecule has 1 saturated heterocycles. The maximum absolute atomic E-state index is 12.8. The average molecular weight is 473 g/mol. The van der Waals surface area contributed by atoms with E-state index in [-0.39, 0.29) is 26.9 Å². The summed E-state index contributed by atoms with van der Waals surface area (Å²) in [4.78, 5) is 24.5. The SMILES string of the molecule is O=C1NC(=S)NC(=O)C1=Cc1c(OS(=O)(=O)c2ccc(Cl)cc2)ccc2ccccc12. The smallest absolute Gasteiger partial charge is 0.339 e. The Morgan fingerprint density at radius 1 is 0.903 bits per heavy atom. The topological polar surface area (TPSA) is 102 Å². The Morgan fingerprint density at radius 3 is 2.23 bits per heavy atom. The van der Waals surface area contributed by atoms with Crippen molar-refractivity contribution < 1.29 is 22.2 Å². The van der Waals surface area contributed by atoms with Crippen LogP contribution in [0.2, 0.25) is 5.02 Å². The van der Waals surface area contributed by atoms with Crippen LogP contribution in [0.25, 0.3) is 16.8 Å². The molecule has 0 aliphatic carbocycles. The Kier molecular flexibility index (Phi) is 5.48. The lowest BCUT2D eigenvalue weighted by atomic mass is 10.0. The van der Waals surface area contributed by atoms with Crippen LogP contribution in [0.15, 0.2) is 71.1 Å². The Labute approximate surface area is 187 Å². The van der Waals surface area contributed by atoms with Crippen LogP contribution in [0.1, 0.15) is 5.56 Å². The largest absolute Gasteiger partial charge is 0.378 e. The molecule has 0 bridgehead atoms. The number of halogens is 1. The fourth-order valence-electron chi connectivity index (χ4n) is 3.02. The molecule has 0 radical (unpaired) electrons. The summed E-state index contributed by atoms with van der Waals surface area (Å²) >= 11 is 10.6. The Hall–Kier alpha value is -3.27. The van der Waals surface area contributed by atoms with E-state index in [0.717, 1.165) is 5.39 Å². The van der Waals surface area contributed by atoms with E-state index in [4.69, 9.17) is 28.0 Å². The van der Waals surface area contributed by atoms with E-state index >= 15 is 0 Å². The van der Waals surface area contributed by atoms with Crippen molar-refractivity contribution in [3.05, 3.63) is 76.8 Å². The second kappa shape index (κ2) is 8.10. The lowest BCUT2D eigenvalue weighted by molar-refractivity contribution is -0.123. The summed E-state index contributed by atoms with van der Waals surface area (Å²) in [7, 11) is -4.21. The van der Waals surface area contributed by atoms with Gasteiger partial charge in [-0.1, -0.05) is 41.9 Å². The fourth-order valence-corrected chi connectivity index (χ4v) is 4.27. The van der Waals surface area contributed by atoms with Gasteiger partial charge in [-0.15, -0.1) is 0 Å². The molecular weight excluding hydrogens is 460 g/mol. The number of hydrogen-bond donors (Lipinski definition) is 2. The van der Waals surface area contributed by atoms with E-state index in [1.807, 2.05) is 12.1 Å². The van der Waals surface area contributed by atoms with Gasteiger partial charge < -0.3 is 4.18 Å². The number of rotatable bonds is 4. The number of hydrogen-bond acceptors (Lipinski definition) is 6. The molecule has 0 spiro atoms. The molecule has 1 fully saturated rings. The molecule has 2 amide bonds. The molecule has 31 heavy (non-hydrogen) atoms. The Morgan fingerprint density at radius 2 is 1.55 bits per heavy atom. The predicted molar refractivity (Wildman–Crippen MR) is 120 cm³/mol. The quantitative estimate of drug-likeness (QED) is 0.262. The van der Waals surface area contributed by atoms with Gasteiger partial charge >= 0.3 is 10.1 Å². The van der Waals surface area contributed by atoms with Gasteiger partial charge in [-0.3, -0.25) is 20.2 Å². The molecule has 0 unspecified atom stereocenters. The zero-order valence-corrected chi connectivity index (χ0v) is 18.0. The van der Waals surface area contributed by atoms with Gasteiger partial charge in [-0.2, -0.15) is 8.42 Å². The number of nitrogens with one attached hydrogen (secondary N) is 2. The van der Waals surface area contributed by atoms with Gasteiger partial charge in [0.2, 0.25) is 0 Å². The molecule has 3 aromatic rings. The first-order valence-corrected chi connectivity index (χ1v) is 11.0. The predicted octanol–water partition coefficient (Wildman–Crippen LogP) is 3.18. The molecule has 1 aliphatic heterocycles. The van der Waals surface area contributed by atoms with Crippen LogP contribution in [-0.4, -0.2) is 25.3 Å². The molecule has 3 aromatic carbocycles. The van der Waals surface area contributed by atoms with Crippen molar-refractivity contribution in [1.82, 2.24) is 10.6 Å². The van der Waals surface area contributed by atoms with Crippen LogP contribution < -0.4 is 14.8 Å². The van der Waals surface area contributed by atoms with Crippen molar-refractivity contribution in [2.24, 2.45) is 0 Å². The van der Waals surface area contributed by atoms with Gasteiger partial charge in [0.15, 0.2) is 10.9 Å². The van der Waals surface area contributed by atoms with Crippen molar-refractivity contribution in [2.75, 3.05) is 0 Å². The van der Waals surface area contributed by atoms with E-state index in [0.29, 0.717) is 10.4 Å². The molecule has 10 heteroatoms. The zero-order valence-electron chi connectivity index (χ0n) is 15.6. The highest BCUT2D eigenvalue weighted by atomic mass is 35.5. The van der Waals surface area contributed by atoms with E-state index in [9.17, 15) is 18.0 Å². The summed E-state index contributed by atoms with van der Waals surface area (Å²) in [6.45, 7) is 0. The summed E-state index contributed by atoms with van der Waals surface area (Å²) in [6, 6.07) is 15.7. The van der Waals surface area contributed by atoms with Gasteiger partial charge in [0.1, 0.15) is 10.5 Å². The molecule has 1 aliphatic rings. The summed E-state index contributed by atoms with van der Waals surface area (Å²) in [5.41, 5.74) is 0.0162. The van der Waals surface area contributed by atoms with Crippen molar-refractivity contribution in [2.45, 2.75) is 4.90 Å². The van der Waals surface area contributed by atoms with Gasteiger partial charge in [-0.25, -0.2) is 0 Å². The third kappa shape index (κ3) is 4.29. The van der Waals surface area contributed by atoms with E-state index in [2.05, 4.69) is 10.6 Å². The van der Waals surface area contributed by atoms with Crippen molar-refractivity contribution in [3.63, 3.8) is 0 Å². The first-order valence-electron chi connectivity index (χ1n) is 8.85. The van der Waals surface area contributed by atoms with Crippen molar-refractivity contribution in [3.8, 4) is 5.75 Å². The number of thiocarbonyl (C=S) groups is 1. The minimum atomic E-state index is -4.21. The highest BCUT2D eigenvalue weighted by Crippen LogP contribution is 2.32. The second-order valence-electron chi connectivity index (χ2n) is 6.49. The molecule has 4 rings (SSSR count). The van der Waals surface area contributed by atoms with Crippen molar-refractivity contribution in [1.29, 1.82) is 0 Å². The molecular formula is C21H13ClN2O5S2. The summed E-state index contributed by atoms with van der Waals surface area (Å²) < 4.78 is 31.0. The fraction of sp³-hybridized carbons (Fsp3) is 0. The first-order chi connectivity index (χ1) is 14.7. The third-order valence-corrected chi connectivity index (χ3v) is 6.17. The molecule has 2 N–H and O–H groups in total. The van der Waals surface area contributed by atoms with Gasteiger partial charge in [0, 0.05) is 10.6 Å². The van der Waals surface area contributed by atoms with E-state index in [1.165, 1.54) is 36.4 Å². The highest BCUT2D eigenvalue weighted by molar-refractivity contribution is 7.87. The van der Waals surface area contributed by atoms with Crippen LogP contribution in [0.4, 0.5) is 0 Å². The molecule has 0 saturated carbocycles. The Bertz CT molecular complexity index is 1360. The standard InChI is InChI=1S/C21H13ClN2O5S2/c22-13-6-8-14(9-7-13)31(27,28)29-18-10-5-12-3-1-2-4-15(12)16(18)11-17-19(25)23-21(30)24-20(17)26/h1-11H,(H2,23,24,25,26,30). The van der Waals surface area contributed by atoms with E-state index in [1.54, 1.807) is 18.2 Å². The minimum Gasteiger partial charge on any atom is -0.378 e. The van der Waals surface area contributed by atoms with Gasteiger partial charge in [-0.05, 0) is 59.4 Å². The molecule has 7 nitrogen and oxygen atoms in total. The monoisotopic (exact) mass is 472 g/mol. The zero-order chi connectivity index (χ0) is 22.2. The maximum atomic E-state index is 12.8. The van der Waals surface area contributed by atoms with Crippen LogP contribution in [0.3, 0.4) is 0 Å². The van der Waals surface area contributed by atoms with E-state index < -0.39 is 21.9 Å². The number of fused-ring (bicyclic) bond motifs is 1. The van der Waals surface area contributed by atoms with Gasteiger partial charge in [0.05, 0.1) is 0 Å². The minimum absolute atomic E-state index is 0.0464. The lowest BCUT2D eigenvalue weighted by Gasteiger charge is -2.17. The second-order valence-corrected chi connectivity index (χ2v) is 8.88. The summed E-state index contributed by atoms with van der Waals surface area (Å²) in [5, 5.41) is 6.32.